The Morgan fingerprint density at radius 1 is 1.35 bits per heavy atom. The summed E-state index contributed by atoms with van der Waals surface area (Å²) in [4.78, 5) is 6.44. The fraction of sp³-hybridized carbons (Fsp3) is 0.550. The van der Waals surface area contributed by atoms with E-state index in [9.17, 15) is 0 Å². The molecule has 1 aromatic carbocycles. The van der Waals surface area contributed by atoms with Gasteiger partial charge >= 0.3 is 0 Å². The third-order valence-corrected chi connectivity index (χ3v) is 6.27. The Bertz CT molecular complexity index is 754. The molecule has 0 amide bonds. The van der Waals surface area contributed by atoms with Crippen molar-refractivity contribution in [1.82, 2.24) is 9.88 Å². The lowest BCUT2D eigenvalue weighted by Gasteiger charge is -2.52. The van der Waals surface area contributed by atoms with Gasteiger partial charge in [-0.05, 0) is 55.7 Å². The van der Waals surface area contributed by atoms with Crippen LogP contribution in [0, 0.1) is 16.7 Å². The number of aromatic nitrogens is 1. The molecule has 1 N–H and O–H groups in total. The van der Waals surface area contributed by atoms with Gasteiger partial charge in [0, 0.05) is 29.6 Å². The Morgan fingerprint density at radius 2 is 2.22 bits per heavy atom. The molecule has 3 heteroatoms. The fourth-order valence-electron chi connectivity index (χ4n) is 5.11. The van der Waals surface area contributed by atoms with E-state index in [4.69, 9.17) is 5.26 Å². The maximum absolute atomic E-state index is 9.14. The lowest BCUT2D eigenvalue weighted by molar-refractivity contribution is -0.00640. The van der Waals surface area contributed by atoms with Crippen LogP contribution >= 0.6 is 0 Å². The van der Waals surface area contributed by atoms with Crippen LogP contribution in [-0.2, 0) is 6.42 Å². The molecule has 1 saturated heterocycles. The predicted octanol–water partition coefficient (Wildman–Crippen LogP) is 4.56. The van der Waals surface area contributed by atoms with Gasteiger partial charge in [-0.15, -0.1) is 0 Å². The molecule has 3 heterocycles. The van der Waals surface area contributed by atoms with E-state index < -0.39 is 0 Å². The van der Waals surface area contributed by atoms with Crippen molar-refractivity contribution in [3.8, 4) is 6.07 Å². The SMILES string of the molecule is CC[C@@]1(CCC#N)CCCN2CCc3c([nH]c4ccccc34)[C@H]21. The van der Waals surface area contributed by atoms with Gasteiger partial charge in [0.05, 0.1) is 12.1 Å². The molecule has 0 unspecified atom stereocenters. The monoisotopic (exact) mass is 307 g/mol. The van der Waals surface area contributed by atoms with Gasteiger partial charge in [-0.3, -0.25) is 4.90 Å². The standard InChI is InChI=1S/C20H25N3/c1-2-20(10-5-12-21)11-6-13-23-14-9-16-15-7-3-4-8-17(15)22-18(16)19(20)23/h3-4,7-8,19,22H,2,5-6,9-11,13-14H2,1H3/t19-,20+/m0/s1. The summed E-state index contributed by atoms with van der Waals surface area (Å²) in [6.45, 7) is 4.68. The Kier molecular flexibility index (Phi) is 3.66. The van der Waals surface area contributed by atoms with E-state index in [0.29, 0.717) is 12.5 Å². The summed E-state index contributed by atoms with van der Waals surface area (Å²) in [5, 5.41) is 10.5. The van der Waals surface area contributed by atoms with Crippen molar-refractivity contribution < 1.29 is 0 Å². The number of aromatic amines is 1. The lowest BCUT2D eigenvalue weighted by Crippen LogP contribution is -2.49. The van der Waals surface area contributed by atoms with E-state index in [0.717, 1.165) is 25.8 Å². The second kappa shape index (κ2) is 5.69. The topological polar surface area (TPSA) is 42.8 Å². The summed E-state index contributed by atoms with van der Waals surface area (Å²) in [5.74, 6) is 0. The lowest BCUT2D eigenvalue weighted by atomic mass is 9.65. The first-order valence-corrected chi connectivity index (χ1v) is 8.99. The Balaban J connectivity index is 1.85. The van der Waals surface area contributed by atoms with Crippen molar-refractivity contribution in [2.24, 2.45) is 5.41 Å². The number of benzene rings is 1. The van der Waals surface area contributed by atoms with Crippen molar-refractivity contribution >= 4 is 10.9 Å². The molecule has 120 valence electrons. The zero-order valence-electron chi connectivity index (χ0n) is 13.9. The number of fused-ring (bicyclic) bond motifs is 5. The quantitative estimate of drug-likeness (QED) is 0.903. The number of H-pyrrole nitrogens is 1. The molecule has 0 radical (unpaired) electrons. The second-order valence-corrected chi connectivity index (χ2v) is 7.23. The predicted molar refractivity (Wildman–Crippen MR) is 93.1 cm³/mol. The second-order valence-electron chi connectivity index (χ2n) is 7.23. The first kappa shape index (κ1) is 14.8. The maximum Gasteiger partial charge on any atom is 0.0621 e. The molecule has 2 aromatic rings. The summed E-state index contributed by atoms with van der Waals surface area (Å²) in [6, 6.07) is 11.6. The van der Waals surface area contributed by atoms with Gasteiger partial charge in [0.2, 0.25) is 0 Å². The van der Waals surface area contributed by atoms with Crippen LogP contribution in [0.5, 0.6) is 0 Å². The van der Waals surface area contributed by atoms with Crippen LogP contribution in [0.4, 0.5) is 0 Å². The van der Waals surface area contributed by atoms with Crippen LogP contribution in [0.2, 0.25) is 0 Å². The first-order chi connectivity index (χ1) is 11.3. The fourth-order valence-corrected chi connectivity index (χ4v) is 5.11. The highest BCUT2D eigenvalue weighted by Crippen LogP contribution is 2.53. The van der Waals surface area contributed by atoms with Gasteiger partial charge in [-0.25, -0.2) is 0 Å². The van der Waals surface area contributed by atoms with Crippen molar-refractivity contribution in [1.29, 1.82) is 5.26 Å². The molecule has 0 bridgehead atoms. The molecule has 1 aromatic heterocycles. The van der Waals surface area contributed by atoms with E-state index in [2.05, 4.69) is 47.1 Å². The number of hydrogen-bond donors (Lipinski definition) is 1. The number of nitrogens with one attached hydrogen (secondary N) is 1. The van der Waals surface area contributed by atoms with Crippen molar-refractivity contribution in [3.63, 3.8) is 0 Å². The number of piperidine rings is 1. The molecule has 2 aliphatic heterocycles. The van der Waals surface area contributed by atoms with Gasteiger partial charge in [-0.1, -0.05) is 25.1 Å². The molecule has 23 heavy (non-hydrogen) atoms. The van der Waals surface area contributed by atoms with Gasteiger partial charge in [0.1, 0.15) is 0 Å². The molecule has 0 saturated carbocycles. The number of nitriles is 1. The highest BCUT2D eigenvalue weighted by molar-refractivity contribution is 5.85. The maximum atomic E-state index is 9.14. The van der Waals surface area contributed by atoms with Crippen LogP contribution in [0.25, 0.3) is 10.9 Å². The average Bonchev–Trinajstić information content (AvgIpc) is 2.98. The first-order valence-electron chi connectivity index (χ1n) is 8.99. The molecule has 0 spiro atoms. The molecular formula is C20H25N3. The molecule has 2 aliphatic rings. The van der Waals surface area contributed by atoms with E-state index in [1.54, 1.807) is 0 Å². The number of hydrogen-bond acceptors (Lipinski definition) is 2. The van der Waals surface area contributed by atoms with Gasteiger partial charge in [0.25, 0.3) is 0 Å². The van der Waals surface area contributed by atoms with Crippen LogP contribution < -0.4 is 0 Å². The molecule has 1 fully saturated rings. The third kappa shape index (κ3) is 2.20. The normalized spacial score (nSPS) is 27.4. The molecule has 3 nitrogen and oxygen atoms in total. The summed E-state index contributed by atoms with van der Waals surface area (Å²) in [7, 11) is 0. The minimum Gasteiger partial charge on any atom is -0.357 e. The Hall–Kier alpha value is -1.79. The smallest absolute Gasteiger partial charge is 0.0621 e. The zero-order valence-corrected chi connectivity index (χ0v) is 13.9. The van der Waals surface area contributed by atoms with Gasteiger partial charge in [0.15, 0.2) is 0 Å². The van der Waals surface area contributed by atoms with E-state index in [1.807, 2.05) is 0 Å². The van der Waals surface area contributed by atoms with Gasteiger partial charge in [-0.2, -0.15) is 5.26 Å². The third-order valence-electron chi connectivity index (χ3n) is 6.27. The Labute approximate surface area is 138 Å². The molecule has 4 rings (SSSR count). The van der Waals surface area contributed by atoms with Crippen LogP contribution in [-0.4, -0.2) is 23.0 Å². The molecule has 2 atom stereocenters. The minimum absolute atomic E-state index is 0.254. The summed E-state index contributed by atoms with van der Waals surface area (Å²) < 4.78 is 0. The summed E-state index contributed by atoms with van der Waals surface area (Å²) >= 11 is 0. The van der Waals surface area contributed by atoms with Crippen LogP contribution in [0.1, 0.15) is 56.3 Å². The molecule has 0 aliphatic carbocycles. The number of nitrogens with zero attached hydrogens (tertiary/aromatic N) is 2. The van der Waals surface area contributed by atoms with Crippen molar-refractivity contribution in [2.75, 3.05) is 13.1 Å². The average molecular weight is 307 g/mol. The highest BCUT2D eigenvalue weighted by atomic mass is 15.2. The summed E-state index contributed by atoms with van der Waals surface area (Å²) in [5.41, 5.74) is 4.50. The largest absolute Gasteiger partial charge is 0.357 e. The Morgan fingerprint density at radius 3 is 3.04 bits per heavy atom. The van der Waals surface area contributed by atoms with Crippen LogP contribution in [0.3, 0.4) is 0 Å². The van der Waals surface area contributed by atoms with Gasteiger partial charge < -0.3 is 4.98 Å². The van der Waals surface area contributed by atoms with E-state index in [1.165, 1.54) is 41.5 Å². The highest BCUT2D eigenvalue weighted by Gasteiger charge is 2.46. The zero-order chi connectivity index (χ0) is 15.9. The van der Waals surface area contributed by atoms with E-state index in [-0.39, 0.29) is 5.41 Å². The summed E-state index contributed by atoms with van der Waals surface area (Å²) in [6.07, 6.45) is 6.52. The molecular weight excluding hydrogens is 282 g/mol. The van der Waals surface area contributed by atoms with E-state index >= 15 is 0 Å². The van der Waals surface area contributed by atoms with Crippen molar-refractivity contribution in [3.05, 3.63) is 35.5 Å². The minimum atomic E-state index is 0.254. The number of para-hydroxylation sites is 1. The van der Waals surface area contributed by atoms with Crippen molar-refractivity contribution in [2.45, 2.75) is 51.5 Å². The number of rotatable bonds is 3. The van der Waals surface area contributed by atoms with Crippen LogP contribution in [0.15, 0.2) is 24.3 Å².